The first-order chi connectivity index (χ1) is 15.7. The predicted molar refractivity (Wildman–Crippen MR) is 132 cm³/mol. The van der Waals surface area contributed by atoms with Gasteiger partial charge in [0.2, 0.25) is 0 Å². The molecule has 0 spiro atoms. The van der Waals surface area contributed by atoms with Gasteiger partial charge in [-0.25, -0.2) is 4.79 Å². The monoisotopic (exact) mass is 448 g/mol. The van der Waals surface area contributed by atoms with Crippen molar-refractivity contribution in [3.63, 3.8) is 0 Å². The smallest absolute Gasteiger partial charge is 0.335 e. The lowest BCUT2D eigenvalue weighted by molar-refractivity contribution is -0.167. The third-order valence-electron chi connectivity index (χ3n) is 4.57. The Morgan fingerprint density at radius 3 is 1.72 bits per heavy atom. The fraction of sp³-hybridized carbons (Fsp3) is 0.593. The minimum Gasteiger partial charge on any atom is -0.456 e. The molecule has 0 radical (unpaired) electrons. The lowest BCUT2D eigenvalue weighted by Crippen LogP contribution is -2.33. The minimum atomic E-state index is -0.879. The number of carbonyl (C=O) groups excluding carboxylic acids is 1. The number of carbonyl (C=O) groups is 1. The molecule has 0 saturated carbocycles. The van der Waals surface area contributed by atoms with Crippen LogP contribution >= 0.6 is 0 Å². The van der Waals surface area contributed by atoms with Crippen LogP contribution in [0.5, 0.6) is 0 Å². The third kappa shape index (κ3) is 18.8. The topological polar surface area (TPSA) is 76.0 Å². The Hall–Kier alpha value is -1.95. The van der Waals surface area contributed by atoms with Crippen molar-refractivity contribution in [2.75, 3.05) is 19.8 Å². The van der Waals surface area contributed by atoms with Crippen molar-refractivity contribution in [3.8, 4) is 0 Å². The number of aliphatic hydroxyl groups is 2. The summed E-state index contributed by atoms with van der Waals surface area (Å²) in [5.41, 5.74) is 0. The van der Waals surface area contributed by atoms with Crippen molar-refractivity contribution < 1.29 is 24.5 Å². The van der Waals surface area contributed by atoms with Crippen LogP contribution < -0.4 is 0 Å². The van der Waals surface area contributed by atoms with Gasteiger partial charge in [-0.15, -0.1) is 0 Å². The van der Waals surface area contributed by atoms with Crippen LogP contribution in [-0.2, 0) is 14.3 Å². The van der Waals surface area contributed by atoms with Crippen LogP contribution in [0.4, 0.5) is 0 Å². The highest BCUT2D eigenvalue weighted by atomic mass is 16.6. The van der Waals surface area contributed by atoms with E-state index in [2.05, 4.69) is 67.7 Å². The van der Waals surface area contributed by atoms with E-state index in [1.807, 2.05) is 6.92 Å². The Morgan fingerprint density at radius 1 is 0.750 bits per heavy atom. The Kier molecular flexibility index (Phi) is 22.3. The summed E-state index contributed by atoms with van der Waals surface area (Å²) in [6, 6.07) is 0. The number of hydrogen-bond donors (Lipinski definition) is 2. The SMILES string of the molecule is CC/C=C\C/C=C\C/C=C\C/C=C\C/C=C\CCCCOC(CC)C(=O)OC(CO)CO. The molecule has 0 aliphatic heterocycles. The maximum Gasteiger partial charge on any atom is 0.335 e. The molecule has 0 amide bonds. The van der Waals surface area contributed by atoms with Crippen LogP contribution in [-0.4, -0.2) is 48.2 Å². The van der Waals surface area contributed by atoms with Crippen LogP contribution in [0.3, 0.4) is 0 Å². The maximum absolute atomic E-state index is 11.9. The van der Waals surface area contributed by atoms with Crippen LogP contribution in [0.2, 0.25) is 0 Å². The van der Waals surface area contributed by atoms with Gasteiger partial charge in [0.05, 0.1) is 13.2 Å². The highest BCUT2D eigenvalue weighted by Crippen LogP contribution is 2.07. The molecule has 0 heterocycles. The number of aliphatic hydroxyl groups excluding tert-OH is 2. The predicted octanol–water partition coefficient (Wildman–Crippen LogP) is 5.60. The summed E-state index contributed by atoms with van der Waals surface area (Å²) in [5, 5.41) is 18.0. The summed E-state index contributed by atoms with van der Waals surface area (Å²) < 4.78 is 10.6. The van der Waals surface area contributed by atoms with E-state index in [9.17, 15) is 4.79 Å². The lowest BCUT2D eigenvalue weighted by Gasteiger charge is -2.18. The molecule has 0 fully saturated rings. The summed E-state index contributed by atoms with van der Waals surface area (Å²) >= 11 is 0. The summed E-state index contributed by atoms with van der Waals surface area (Å²) in [5.74, 6) is -0.529. The van der Waals surface area contributed by atoms with Gasteiger partial charge in [-0.05, 0) is 57.8 Å². The van der Waals surface area contributed by atoms with Gasteiger partial charge in [0.1, 0.15) is 6.10 Å². The standard InChI is InChI=1S/C27H44O5/c1-3-5-6-7-8-9-10-11-12-13-14-15-16-17-18-19-20-21-22-31-26(4-2)27(30)32-25(23-28)24-29/h5-6,8-9,11-12,14-15,17-18,25-26,28-29H,3-4,7,10,13,16,19-24H2,1-2H3/b6-5-,9-8-,12-11-,15-14-,18-17-. The second kappa shape index (κ2) is 23.7. The van der Waals surface area contributed by atoms with Crippen molar-refractivity contribution in [2.24, 2.45) is 0 Å². The molecule has 0 aromatic heterocycles. The van der Waals surface area contributed by atoms with Crippen molar-refractivity contribution in [1.82, 2.24) is 0 Å². The van der Waals surface area contributed by atoms with Crippen molar-refractivity contribution in [1.29, 1.82) is 0 Å². The molecule has 5 heteroatoms. The fourth-order valence-electron chi connectivity index (χ4n) is 2.68. The number of esters is 1. The second-order valence-electron chi connectivity index (χ2n) is 7.40. The molecule has 1 atom stereocenters. The van der Waals surface area contributed by atoms with Gasteiger partial charge in [0.25, 0.3) is 0 Å². The minimum absolute atomic E-state index is 0.397. The first kappa shape index (κ1) is 30.0. The molecule has 0 bridgehead atoms. The second-order valence-corrected chi connectivity index (χ2v) is 7.40. The van der Waals surface area contributed by atoms with Crippen molar-refractivity contribution >= 4 is 5.97 Å². The Morgan fingerprint density at radius 2 is 1.25 bits per heavy atom. The van der Waals surface area contributed by atoms with Gasteiger partial charge < -0.3 is 19.7 Å². The molecular formula is C27H44O5. The average molecular weight is 449 g/mol. The van der Waals surface area contributed by atoms with E-state index in [0.29, 0.717) is 13.0 Å². The molecular weight excluding hydrogens is 404 g/mol. The van der Waals surface area contributed by atoms with E-state index < -0.39 is 31.4 Å². The van der Waals surface area contributed by atoms with Gasteiger partial charge >= 0.3 is 5.97 Å². The number of allylic oxidation sites excluding steroid dienone is 10. The molecule has 182 valence electrons. The molecule has 5 nitrogen and oxygen atoms in total. The maximum atomic E-state index is 11.9. The van der Waals surface area contributed by atoms with Gasteiger partial charge in [0.15, 0.2) is 6.10 Å². The molecule has 2 N–H and O–H groups in total. The van der Waals surface area contributed by atoms with Crippen LogP contribution in [0.25, 0.3) is 0 Å². The van der Waals surface area contributed by atoms with E-state index >= 15 is 0 Å². The first-order valence-corrected chi connectivity index (χ1v) is 12.0. The molecule has 1 unspecified atom stereocenters. The summed E-state index contributed by atoms with van der Waals surface area (Å²) in [7, 11) is 0. The molecule has 0 aromatic carbocycles. The van der Waals surface area contributed by atoms with E-state index in [1.54, 1.807) is 0 Å². The van der Waals surface area contributed by atoms with Gasteiger partial charge in [-0.1, -0.05) is 74.6 Å². The molecule has 0 rings (SSSR count). The van der Waals surface area contributed by atoms with Crippen molar-refractivity contribution in [3.05, 3.63) is 60.8 Å². The van der Waals surface area contributed by atoms with Crippen LogP contribution in [0, 0.1) is 0 Å². The van der Waals surface area contributed by atoms with Crippen molar-refractivity contribution in [2.45, 2.75) is 83.8 Å². The molecule has 0 saturated heterocycles. The van der Waals surface area contributed by atoms with Crippen LogP contribution in [0.1, 0.15) is 71.6 Å². The van der Waals surface area contributed by atoms with Gasteiger partial charge in [0, 0.05) is 6.61 Å². The zero-order valence-electron chi connectivity index (χ0n) is 20.0. The first-order valence-electron chi connectivity index (χ1n) is 12.0. The zero-order valence-corrected chi connectivity index (χ0v) is 20.0. The van der Waals surface area contributed by atoms with E-state index in [-0.39, 0.29) is 0 Å². The lowest BCUT2D eigenvalue weighted by atomic mass is 10.2. The molecule has 0 aliphatic rings. The third-order valence-corrected chi connectivity index (χ3v) is 4.57. The van der Waals surface area contributed by atoms with Gasteiger partial charge in [-0.2, -0.15) is 0 Å². The van der Waals surface area contributed by atoms with Gasteiger partial charge in [-0.3, -0.25) is 0 Å². The number of unbranched alkanes of at least 4 members (excludes halogenated alkanes) is 2. The zero-order chi connectivity index (χ0) is 23.7. The highest BCUT2D eigenvalue weighted by Gasteiger charge is 2.22. The number of rotatable bonds is 20. The number of hydrogen-bond acceptors (Lipinski definition) is 5. The Labute approximate surface area is 195 Å². The fourth-order valence-corrected chi connectivity index (χ4v) is 2.68. The summed E-state index contributed by atoms with van der Waals surface area (Å²) in [6.45, 7) is 3.68. The normalized spacial score (nSPS) is 13.7. The Balaban J connectivity index is 3.71. The number of ether oxygens (including phenoxy) is 2. The molecule has 0 aromatic rings. The summed E-state index contributed by atoms with van der Waals surface area (Å²) in [6.07, 6.45) is 28.7. The van der Waals surface area contributed by atoms with E-state index in [4.69, 9.17) is 19.7 Å². The summed E-state index contributed by atoms with van der Waals surface area (Å²) in [4.78, 5) is 11.9. The Bertz CT molecular complexity index is 571. The quantitative estimate of drug-likeness (QED) is 0.144. The van der Waals surface area contributed by atoms with E-state index in [0.717, 1.165) is 51.4 Å². The molecule has 32 heavy (non-hydrogen) atoms. The average Bonchev–Trinajstić information content (AvgIpc) is 2.81. The van der Waals surface area contributed by atoms with E-state index in [1.165, 1.54) is 0 Å². The van der Waals surface area contributed by atoms with Crippen LogP contribution in [0.15, 0.2) is 60.8 Å². The largest absolute Gasteiger partial charge is 0.456 e. The highest BCUT2D eigenvalue weighted by molar-refractivity contribution is 5.74. The molecule has 0 aliphatic carbocycles.